The van der Waals surface area contributed by atoms with Gasteiger partial charge in [-0.15, -0.1) is 0 Å². The second-order valence-electron chi connectivity index (χ2n) is 8.10. The molecule has 0 N–H and O–H groups in total. The highest BCUT2D eigenvalue weighted by Gasteiger charge is 2.30. The molecule has 0 saturated carbocycles. The Balaban J connectivity index is 3.00. The molecule has 1 atom stereocenters. The molecule has 1 aromatic rings. The Hall–Kier alpha value is -1.32. The second-order valence-corrected chi connectivity index (χ2v) is 8.10. The van der Waals surface area contributed by atoms with E-state index in [1.165, 1.54) is 7.11 Å². The second kappa shape index (κ2) is 6.20. The van der Waals surface area contributed by atoms with Crippen molar-refractivity contribution in [2.24, 2.45) is 11.3 Å². The Bertz CT molecular complexity index is 489. The van der Waals surface area contributed by atoms with Crippen LogP contribution in [0.5, 0.6) is 0 Å². The standard InChI is InChI=1S/C17H29NO3/c1-11(10-16(2,3)4)9-12-18-14(17(5,6)7)13(21-12)15(19)20-8/h11H,9-10H2,1-8H3. The molecule has 1 heterocycles. The van der Waals surface area contributed by atoms with Gasteiger partial charge in [0.2, 0.25) is 5.76 Å². The van der Waals surface area contributed by atoms with Crippen molar-refractivity contribution >= 4 is 5.97 Å². The highest BCUT2D eigenvalue weighted by molar-refractivity contribution is 5.87. The molecule has 0 radical (unpaired) electrons. The summed E-state index contributed by atoms with van der Waals surface area (Å²) in [4.78, 5) is 16.4. The van der Waals surface area contributed by atoms with E-state index in [-0.39, 0.29) is 16.6 Å². The zero-order chi connectivity index (χ0) is 16.4. The van der Waals surface area contributed by atoms with E-state index in [0.29, 0.717) is 17.5 Å². The number of methoxy groups -OCH3 is 1. The maximum absolute atomic E-state index is 11.9. The van der Waals surface area contributed by atoms with Gasteiger partial charge in [-0.3, -0.25) is 0 Å². The van der Waals surface area contributed by atoms with Gasteiger partial charge in [-0.25, -0.2) is 9.78 Å². The van der Waals surface area contributed by atoms with Gasteiger partial charge in [0.25, 0.3) is 0 Å². The summed E-state index contributed by atoms with van der Waals surface area (Å²) in [6.45, 7) is 14.9. The minimum absolute atomic E-state index is 0.239. The van der Waals surface area contributed by atoms with Crippen LogP contribution in [0, 0.1) is 11.3 Å². The predicted octanol–water partition coefficient (Wildman–Crippen LogP) is 4.37. The van der Waals surface area contributed by atoms with Gasteiger partial charge < -0.3 is 9.15 Å². The molecule has 0 aliphatic rings. The van der Waals surface area contributed by atoms with Gasteiger partial charge in [-0.1, -0.05) is 48.5 Å². The van der Waals surface area contributed by atoms with Gasteiger partial charge >= 0.3 is 5.97 Å². The SMILES string of the molecule is COC(=O)c1oc(CC(C)CC(C)(C)C)nc1C(C)(C)C. The Kier molecular flexibility index (Phi) is 5.24. The zero-order valence-electron chi connectivity index (χ0n) is 14.7. The Morgan fingerprint density at radius 1 is 1.24 bits per heavy atom. The van der Waals surface area contributed by atoms with Crippen molar-refractivity contribution in [2.45, 2.75) is 66.7 Å². The first-order chi connectivity index (χ1) is 9.44. The molecule has 21 heavy (non-hydrogen) atoms. The van der Waals surface area contributed by atoms with Crippen LogP contribution in [0.25, 0.3) is 0 Å². The van der Waals surface area contributed by atoms with Crippen LogP contribution in [0.4, 0.5) is 0 Å². The number of esters is 1. The maximum atomic E-state index is 11.9. The van der Waals surface area contributed by atoms with Crippen molar-refractivity contribution < 1.29 is 13.9 Å². The number of rotatable bonds is 4. The molecule has 4 heteroatoms. The summed E-state index contributed by atoms with van der Waals surface area (Å²) in [7, 11) is 1.36. The number of carbonyl (C=O) groups excluding carboxylic acids is 1. The van der Waals surface area contributed by atoms with Crippen LogP contribution >= 0.6 is 0 Å². The van der Waals surface area contributed by atoms with Gasteiger partial charge in [0.15, 0.2) is 5.89 Å². The average molecular weight is 295 g/mol. The van der Waals surface area contributed by atoms with Crippen LogP contribution in [0.1, 0.15) is 77.0 Å². The minimum atomic E-state index is -0.456. The highest BCUT2D eigenvalue weighted by atomic mass is 16.5. The molecule has 1 rings (SSSR count). The molecule has 1 unspecified atom stereocenters. The van der Waals surface area contributed by atoms with E-state index in [0.717, 1.165) is 12.8 Å². The van der Waals surface area contributed by atoms with Crippen LogP contribution in [0.3, 0.4) is 0 Å². The van der Waals surface area contributed by atoms with Crippen LogP contribution in [-0.4, -0.2) is 18.1 Å². The number of aromatic nitrogens is 1. The molecular weight excluding hydrogens is 266 g/mol. The number of ether oxygens (including phenoxy) is 1. The number of nitrogens with zero attached hydrogens (tertiary/aromatic N) is 1. The van der Waals surface area contributed by atoms with E-state index in [4.69, 9.17) is 9.15 Å². The lowest BCUT2D eigenvalue weighted by molar-refractivity contribution is 0.0558. The fourth-order valence-electron chi connectivity index (χ4n) is 2.61. The lowest BCUT2D eigenvalue weighted by Crippen LogP contribution is -2.17. The molecule has 0 bridgehead atoms. The van der Waals surface area contributed by atoms with E-state index >= 15 is 0 Å². The Morgan fingerprint density at radius 3 is 2.24 bits per heavy atom. The van der Waals surface area contributed by atoms with Gasteiger partial charge in [-0.05, 0) is 17.8 Å². The number of hydrogen-bond acceptors (Lipinski definition) is 4. The average Bonchev–Trinajstić information content (AvgIpc) is 2.68. The first kappa shape index (κ1) is 17.7. The quantitative estimate of drug-likeness (QED) is 0.774. The minimum Gasteiger partial charge on any atom is -0.463 e. The van der Waals surface area contributed by atoms with Crippen molar-refractivity contribution in [3.05, 3.63) is 17.3 Å². The Morgan fingerprint density at radius 2 is 1.81 bits per heavy atom. The maximum Gasteiger partial charge on any atom is 0.376 e. The largest absolute Gasteiger partial charge is 0.463 e. The van der Waals surface area contributed by atoms with E-state index < -0.39 is 5.97 Å². The lowest BCUT2D eigenvalue weighted by atomic mass is 9.84. The Labute approximate surface area is 128 Å². The molecule has 0 fully saturated rings. The number of carbonyl (C=O) groups is 1. The molecule has 4 nitrogen and oxygen atoms in total. The summed E-state index contributed by atoms with van der Waals surface area (Å²) in [5.74, 6) is 0.851. The molecule has 0 aliphatic carbocycles. The van der Waals surface area contributed by atoms with Crippen molar-refractivity contribution in [1.82, 2.24) is 4.98 Å². The summed E-state index contributed by atoms with van der Waals surface area (Å²) < 4.78 is 10.5. The lowest BCUT2D eigenvalue weighted by Gasteiger charge is -2.22. The zero-order valence-corrected chi connectivity index (χ0v) is 14.7. The monoisotopic (exact) mass is 295 g/mol. The summed E-state index contributed by atoms with van der Waals surface area (Å²) in [5, 5.41) is 0. The van der Waals surface area contributed by atoms with Crippen LogP contribution in [0.2, 0.25) is 0 Å². The summed E-state index contributed by atoms with van der Waals surface area (Å²) in [5.41, 5.74) is 0.690. The third-order valence-corrected chi connectivity index (χ3v) is 3.24. The summed E-state index contributed by atoms with van der Waals surface area (Å²) in [6, 6.07) is 0. The number of oxazole rings is 1. The number of hydrogen-bond donors (Lipinski definition) is 0. The predicted molar refractivity (Wildman–Crippen MR) is 83.5 cm³/mol. The third-order valence-electron chi connectivity index (χ3n) is 3.24. The van der Waals surface area contributed by atoms with Crippen LogP contribution in [-0.2, 0) is 16.6 Å². The topological polar surface area (TPSA) is 52.3 Å². The van der Waals surface area contributed by atoms with Crippen LogP contribution in [0.15, 0.2) is 4.42 Å². The first-order valence-corrected chi connectivity index (χ1v) is 7.52. The van der Waals surface area contributed by atoms with Gasteiger partial charge in [0.05, 0.1) is 12.8 Å². The molecule has 0 aromatic carbocycles. The normalized spacial score (nSPS) is 14.1. The van der Waals surface area contributed by atoms with E-state index in [1.807, 2.05) is 20.8 Å². The molecule has 120 valence electrons. The van der Waals surface area contributed by atoms with E-state index in [1.54, 1.807) is 0 Å². The molecule has 0 spiro atoms. The van der Waals surface area contributed by atoms with Crippen molar-refractivity contribution in [2.75, 3.05) is 7.11 Å². The molecular formula is C17H29NO3. The third kappa shape index (κ3) is 5.18. The molecule has 0 saturated heterocycles. The molecule has 0 aliphatic heterocycles. The smallest absolute Gasteiger partial charge is 0.376 e. The summed E-state index contributed by atoms with van der Waals surface area (Å²) in [6.07, 6.45) is 1.81. The molecule has 1 aromatic heterocycles. The highest BCUT2D eigenvalue weighted by Crippen LogP contribution is 2.30. The van der Waals surface area contributed by atoms with Crippen LogP contribution < -0.4 is 0 Å². The first-order valence-electron chi connectivity index (χ1n) is 7.52. The summed E-state index contributed by atoms with van der Waals surface area (Å²) >= 11 is 0. The van der Waals surface area contributed by atoms with Crippen molar-refractivity contribution in [3.63, 3.8) is 0 Å². The fraction of sp³-hybridized carbons (Fsp3) is 0.765. The van der Waals surface area contributed by atoms with Crippen molar-refractivity contribution in [3.8, 4) is 0 Å². The van der Waals surface area contributed by atoms with Gasteiger partial charge in [-0.2, -0.15) is 0 Å². The van der Waals surface area contributed by atoms with E-state index in [9.17, 15) is 4.79 Å². The van der Waals surface area contributed by atoms with Gasteiger partial charge in [0, 0.05) is 11.8 Å². The van der Waals surface area contributed by atoms with Gasteiger partial charge in [0.1, 0.15) is 0 Å². The molecule has 0 amide bonds. The fourth-order valence-corrected chi connectivity index (χ4v) is 2.61. The van der Waals surface area contributed by atoms with E-state index in [2.05, 4.69) is 32.7 Å². The van der Waals surface area contributed by atoms with Crippen molar-refractivity contribution in [1.29, 1.82) is 0 Å².